The molecule has 1 heterocycles. The number of primary amides is 1. The number of nitrogens with zero attached hydrogens (tertiary/aromatic N) is 3. The van der Waals surface area contributed by atoms with E-state index >= 15 is 0 Å². The van der Waals surface area contributed by atoms with E-state index in [0.29, 0.717) is 17.9 Å². The molecular formula is C23H24ClFN6O4. The van der Waals surface area contributed by atoms with E-state index in [1.165, 1.54) is 24.4 Å². The van der Waals surface area contributed by atoms with Gasteiger partial charge in [-0.2, -0.15) is 0 Å². The summed E-state index contributed by atoms with van der Waals surface area (Å²) in [7, 11) is 5.11. The van der Waals surface area contributed by atoms with Crippen LogP contribution in [0.5, 0.6) is 5.75 Å². The molecule has 0 saturated heterocycles. The number of aromatic amines is 1. The fourth-order valence-electron chi connectivity index (χ4n) is 3.23. The summed E-state index contributed by atoms with van der Waals surface area (Å²) in [5.41, 5.74) is 5.97. The molecule has 0 aliphatic heterocycles. The molecule has 184 valence electrons. The number of carbonyl (C=O) groups excluding carboxylic acids is 3. The number of imidazole rings is 1. The van der Waals surface area contributed by atoms with Gasteiger partial charge in [0.1, 0.15) is 17.3 Å². The number of amides is 3. The van der Waals surface area contributed by atoms with Gasteiger partial charge in [-0.1, -0.05) is 11.6 Å². The van der Waals surface area contributed by atoms with Gasteiger partial charge in [0.15, 0.2) is 5.69 Å². The first-order valence-electron chi connectivity index (χ1n) is 10.4. The number of methoxy groups -OCH3 is 1. The second-order valence-electron chi connectivity index (χ2n) is 7.71. The Morgan fingerprint density at radius 1 is 1.17 bits per heavy atom. The van der Waals surface area contributed by atoms with Gasteiger partial charge in [-0.3, -0.25) is 14.4 Å². The number of benzene rings is 2. The maximum Gasteiger partial charge on any atom is 0.279 e. The molecule has 0 fully saturated rings. The van der Waals surface area contributed by atoms with Gasteiger partial charge in [-0.25, -0.2) is 9.37 Å². The number of anilines is 2. The van der Waals surface area contributed by atoms with Gasteiger partial charge in [0, 0.05) is 24.8 Å². The lowest BCUT2D eigenvalue weighted by molar-refractivity contribution is 0.0954. The van der Waals surface area contributed by atoms with Crippen LogP contribution in [-0.4, -0.2) is 66.9 Å². The van der Waals surface area contributed by atoms with Crippen LogP contribution < -0.4 is 20.7 Å². The smallest absolute Gasteiger partial charge is 0.279 e. The van der Waals surface area contributed by atoms with Crippen LogP contribution in [0.4, 0.5) is 15.8 Å². The first-order chi connectivity index (χ1) is 16.6. The predicted octanol–water partition coefficient (Wildman–Crippen LogP) is 2.77. The zero-order valence-electron chi connectivity index (χ0n) is 19.3. The van der Waals surface area contributed by atoms with Crippen molar-refractivity contribution in [3.05, 3.63) is 70.5 Å². The Balaban J connectivity index is 1.94. The fraction of sp³-hybridized carbons (Fsp3) is 0.217. The van der Waals surface area contributed by atoms with Crippen LogP contribution in [0.15, 0.2) is 42.7 Å². The summed E-state index contributed by atoms with van der Waals surface area (Å²) in [6, 6.07) is 8.17. The van der Waals surface area contributed by atoms with Gasteiger partial charge >= 0.3 is 0 Å². The minimum absolute atomic E-state index is 0.0391. The van der Waals surface area contributed by atoms with Crippen molar-refractivity contribution in [3.8, 4) is 5.75 Å². The van der Waals surface area contributed by atoms with Crippen LogP contribution in [-0.2, 0) is 0 Å². The Bertz CT molecular complexity index is 1260. The van der Waals surface area contributed by atoms with Crippen molar-refractivity contribution in [2.24, 2.45) is 5.73 Å². The number of nitrogens with one attached hydrogen (secondary N) is 2. The number of hydrogen-bond donors (Lipinski definition) is 3. The average molecular weight is 503 g/mol. The molecule has 2 aromatic carbocycles. The lowest BCUT2D eigenvalue weighted by atomic mass is 10.1. The highest BCUT2D eigenvalue weighted by atomic mass is 35.5. The van der Waals surface area contributed by atoms with Crippen LogP contribution in [0, 0.1) is 5.82 Å². The van der Waals surface area contributed by atoms with E-state index in [1.807, 2.05) is 19.0 Å². The summed E-state index contributed by atoms with van der Waals surface area (Å²) in [5.74, 6) is -2.22. The van der Waals surface area contributed by atoms with E-state index in [9.17, 15) is 18.8 Å². The Labute approximate surface area is 205 Å². The van der Waals surface area contributed by atoms with E-state index in [1.54, 1.807) is 18.2 Å². The Morgan fingerprint density at radius 2 is 1.91 bits per heavy atom. The van der Waals surface area contributed by atoms with Crippen molar-refractivity contribution in [2.45, 2.75) is 0 Å². The molecule has 1 aromatic heterocycles. The van der Waals surface area contributed by atoms with Gasteiger partial charge < -0.3 is 30.6 Å². The highest BCUT2D eigenvalue weighted by molar-refractivity contribution is 6.34. The Morgan fingerprint density at radius 3 is 2.54 bits per heavy atom. The zero-order valence-corrected chi connectivity index (χ0v) is 20.0. The first-order valence-corrected chi connectivity index (χ1v) is 10.7. The van der Waals surface area contributed by atoms with Crippen LogP contribution >= 0.6 is 11.6 Å². The van der Waals surface area contributed by atoms with Crippen molar-refractivity contribution >= 4 is 40.7 Å². The summed E-state index contributed by atoms with van der Waals surface area (Å²) in [6.45, 7) is 0.767. The van der Waals surface area contributed by atoms with Crippen LogP contribution in [0.1, 0.15) is 31.3 Å². The number of halogens is 2. The van der Waals surface area contributed by atoms with E-state index in [0.717, 1.165) is 12.1 Å². The van der Waals surface area contributed by atoms with Gasteiger partial charge in [0.2, 0.25) is 0 Å². The van der Waals surface area contributed by atoms with E-state index in [2.05, 4.69) is 15.3 Å². The molecule has 0 saturated carbocycles. The van der Waals surface area contributed by atoms with E-state index < -0.39 is 23.5 Å². The SMILES string of the molecule is COc1cc(N(CCN(C)C)C(=O)c2nc[nH]c2C(N)=O)ccc1NC(=O)c1ccc(F)cc1Cl. The minimum Gasteiger partial charge on any atom is -0.494 e. The summed E-state index contributed by atoms with van der Waals surface area (Å²) >= 11 is 5.99. The largest absolute Gasteiger partial charge is 0.494 e. The molecule has 12 heteroatoms. The van der Waals surface area contributed by atoms with Crippen molar-refractivity contribution in [1.29, 1.82) is 0 Å². The number of aromatic nitrogens is 2. The molecule has 0 bridgehead atoms. The number of carbonyl (C=O) groups is 3. The van der Waals surface area contributed by atoms with Crippen molar-refractivity contribution in [1.82, 2.24) is 14.9 Å². The molecule has 0 aliphatic carbocycles. The van der Waals surface area contributed by atoms with E-state index in [-0.39, 0.29) is 34.3 Å². The number of nitrogens with two attached hydrogens (primary N) is 1. The minimum atomic E-state index is -0.812. The maximum atomic E-state index is 13.3. The normalized spacial score (nSPS) is 10.8. The van der Waals surface area contributed by atoms with Crippen molar-refractivity contribution in [2.75, 3.05) is 44.5 Å². The lowest BCUT2D eigenvalue weighted by Gasteiger charge is -2.25. The summed E-state index contributed by atoms with van der Waals surface area (Å²) in [5, 5.41) is 2.64. The molecule has 35 heavy (non-hydrogen) atoms. The lowest BCUT2D eigenvalue weighted by Crippen LogP contribution is -2.38. The maximum absolute atomic E-state index is 13.3. The standard InChI is InChI=1S/C23H24ClFN6O4/c1-30(2)8-9-31(23(34)20-19(21(26)32)27-12-28-20)14-5-7-17(18(11-14)35-3)29-22(33)15-6-4-13(25)10-16(15)24/h4-7,10-12H,8-9H2,1-3H3,(H2,26,32)(H,27,28)(H,29,33). The molecule has 3 rings (SSSR count). The van der Waals surface area contributed by atoms with Gasteiger partial charge in [-0.05, 0) is 44.4 Å². The van der Waals surface area contributed by atoms with Crippen molar-refractivity contribution in [3.63, 3.8) is 0 Å². The molecule has 3 amide bonds. The van der Waals surface area contributed by atoms with Gasteiger partial charge in [0.05, 0.1) is 29.7 Å². The summed E-state index contributed by atoms with van der Waals surface area (Å²) < 4.78 is 18.8. The van der Waals surface area contributed by atoms with Gasteiger partial charge in [-0.15, -0.1) is 0 Å². The first kappa shape index (κ1) is 25.7. The quantitative estimate of drug-likeness (QED) is 0.412. The highest BCUT2D eigenvalue weighted by Crippen LogP contribution is 2.31. The topological polar surface area (TPSA) is 134 Å². The average Bonchev–Trinajstić information content (AvgIpc) is 3.30. The molecule has 4 N–H and O–H groups in total. The zero-order chi connectivity index (χ0) is 25.7. The van der Waals surface area contributed by atoms with Crippen molar-refractivity contribution < 1.29 is 23.5 Å². The molecule has 10 nitrogen and oxygen atoms in total. The third-order valence-electron chi connectivity index (χ3n) is 5.03. The molecule has 0 unspecified atom stereocenters. The third kappa shape index (κ3) is 5.94. The molecule has 0 aliphatic rings. The summed E-state index contributed by atoms with van der Waals surface area (Å²) in [6.07, 6.45) is 1.22. The molecule has 3 aromatic rings. The van der Waals surface area contributed by atoms with E-state index in [4.69, 9.17) is 22.1 Å². The monoisotopic (exact) mass is 502 g/mol. The fourth-order valence-corrected chi connectivity index (χ4v) is 3.49. The van der Waals surface area contributed by atoms with Crippen LogP contribution in [0.25, 0.3) is 0 Å². The third-order valence-corrected chi connectivity index (χ3v) is 5.34. The number of H-pyrrole nitrogens is 1. The number of ether oxygens (including phenoxy) is 1. The van der Waals surface area contributed by atoms with Crippen LogP contribution in [0.3, 0.4) is 0 Å². The highest BCUT2D eigenvalue weighted by Gasteiger charge is 2.26. The molecule has 0 spiro atoms. The molecule has 0 radical (unpaired) electrons. The Hall–Kier alpha value is -3.96. The molecular weight excluding hydrogens is 479 g/mol. The number of rotatable bonds is 9. The molecule has 0 atom stereocenters. The number of hydrogen-bond acceptors (Lipinski definition) is 6. The predicted molar refractivity (Wildman–Crippen MR) is 130 cm³/mol. The summed E-state index contributed by atoms with van der Waals surface area (Å²) in [4.78, 5) is 47.6. The second-order valence-corrected chi connectivity index (χ2v) is 8.12. The second kappa shape index (κ2) is 11.0. The van der Waals surface area contributed by atoms with Crippen LogP contribution in [0.2, 0.25) is 5.02 Å². The Kier molecular flexibility index (Phi) is 8.05. The van der Waals surface area contributed by atoms with Gasteiger partial charge in [0.25, 0.3) is 17.7 Å². The number of likely N-dealkylation sites (N-methyl/N-ethyl adjacent to an activating group) is 1.